The molecule has 0 saturated heterocycles. The monoisotopic (exact) mass is 456 g/mol. The summed E-state index contributed by atoms with van der Waals surface area (Å²) < 4.78 is 13.6. The molecule has 1 heterocycles. The molecule has 6 nitrogen and oxygen atoms in total. The summed E-state index contributed by atoms with van der Waals surface area (Å²) in [6.45, 7) is 0. The number of hydrogen-bond acceptors (Lipinski definition) is 6. The van der Waals surface area contributed by atoms with Crippen LogP contribution in [0.5, 0.6) is 0 Å². The van der Waals surface area contributed by atoms with Gasteiger partial charge in [-0.1, -0.05) is 52.4 Å². The number of hydrogen-bond donors (Lipinski definition) is 2. The van der Waals surface area contributed by atoms with E-state index in [0.29, 0.717) is 15.0 Å². The maximum Gasteiger partial charge on any atom is 0.259 e. The van der Waals surface area contributed by atoms with Crippen molar-refractivity contribution in [2.75, 3.05) is 16.4 Å². The van der Waals surface area contributed by atoms with Gasteiger partial charge < -0.3 is 5.32 Å². The minimum Gasteiger partial charge on any atom is -0.325 e. The second-order valence-corrected chi connectivity index (χ2v) is 8.34. The van der Waals surface area contributed by atoms with Gasteiger partial charge in [0, 0.05) is 10.7 Å². The molecule has 0 unspecified atom stereocenters. The highest BCUT2D eigenvalue weighted by Gasteiger charge is 2.14. The van der Waals surface area contributed by atoms with Crippen molar-refractivity contribution in [1.29, 1.82) is 0 Å². The first-order valence-electron chi connectivity index (χ1n) is 7.69. The van der Waals surface area contributed by atoms with Gasteiger partial charge in [-0.3, -0.25) is 14.9 Å². The Morgan fingerprint density at radius 1 is 1.11 bits per heavy atom. The van der Waals surface area contributed by atoms with E-state index in [0.717, 1.165) is 23.1 Å². The summed E-state index contributed by atoms with van der Waals surface area (Å²) in [5.74, 6) is -1.14. The van der Waals surface area contributed by atoms with Crippen LogP contribution in [0.3, 0.4) is 0 Å². The third-order valence-electron chi connectivity index (χ3n) is 3.24. The third kappa shape index (κ3) is 5.65. The fourth-order valence-electron chi connectivity index (χ4n) is 2.05. The lowest BCUT2D eigenvalue weighted by molar-refractivity contribution is -0.113. The topological polar surface area (TPSA) is 84.0 Å². The van der Waals surface area contributed by atoms with Crippen LogP contribution >= 0.6 is 46.3 Å². The maximum atomic E-state index is 13.1. The van der Waals surface area contributed by atoms with Crippen molar-refractivity contribution in [3.8, 4) is 0 Å². The summed E-state index contributed by atoms with van der Waals surface area (Å²) in [5, 5.41) is 13.9. The molecular weight excluding hydrogens is 446 g/mol. The van der Waals surface area contributed by atoms with E-state index in [1.807, 2.05) is 0 Å². The van der Waals surface area contributed by atoms with E-state index in [-0.39, 0.29) is 27.4 Å². The molecule has 0 aliphatic carbocycles. The standard InChI is InChI=1S/C17H11Cl2FN4O2S2/c18-9-4-5-12(13(19)6-9)15(26)22-16-23-24-17(28-16)27-8-14(25)21-11-3-1-2-10(20)7-11/h1-7H,8H2,(H,21,25)(H,22,23,26). The minimum absolute atomic E-state index is 0.0576. The number of amides is 2. The van der Waals surface area contributed by atoms with Crippen LogP contribution in [-0.2, 0) is 4.79 Å². The maximum absolute atomic E-state index is 13.1. The summed E-state index contributed by atoms with van der Waals surface area (Å²) in [4.78, 5) is 24.2. The zero-order valence-corrected chi connectivity index (χ0v) is 17.1. The molecule has 0 bridgehead atoms. The first-order chi connectivity index (χ1) is 13.4. The SMILES string of the molecule is O=C(CSc1nnc(NC(=O)c2ccc(Cl)cc2Cl)s1)Nc1cccc(F)c1. The summed E-state index contributed by atoms with van der Waals surface area (Å²) in [6, 6.07) is 10.1. The van der Waals surface area contributed by atoms with Gasteiger partial charge in [-0.15, -0.1) is 10.2 Å². The van der Waals surface area contributed by atoms with Gasteiger partial charge in [0.05, 0.1) is 16.3 Å². The molecule has 11 heteroatoms. The molecule has 3 rings (SSSR count). The van der Waals surface area contributed by atoms with Crippen LogP contribution in [0.15, 0.2) is 46.8 Å². The number of rotatable bonds is 6. The van der Waals surface area contributed by atoms with Gasteiger partial charge in [0.15, 0.2) is 4.34 Å². The van der Waals surface area contributed by atoms with Crippen molar-refractivity contribution in [1.82, 2.24) is 10.2 Å². The Labute approximate surface area is 177 Å². The molecular formula is C17H11Cl2FN4O2S2. The van der Waals surface area contributed by atoms with Crippen LogP contribution in [0, 0.1) is 5.82 Å². The molecule has 0 radical (unpaired) electrons. The van der Waals surface area contributed by atoms with Crippen LogP contribution in [0.1, 0.15) is 10.4 Å². The van der Waals surface area contributed by atoms with E-state index < -0.39 is 11.7 Å². The van der Waals surface area contributed by atoms with Crippen molar-refractivity contribution in [3.63, 3.8) is 0 Å². The molecule has 28 heavy (non-hydrogen) atoms. The Morgan fingerprint density at radius 3 is 2.68 bits per heavy atom. The third-order valence-corrected chi connectivity index (χ3v) is 5.76. The second-order valence-electron chi connectivity index (χ2n) is 5.30. The van der Waals surface area contributed by atoms with E-state index in [1.54, 1.807) is 12.1 Å². The number of anilines is 2. The average Bonchev–Trinajstić information content (AvgIpc) is 3.07. The van der Waals surface area contributed by atoms with Crippen molar-refractivity contribution in [3.05, 3.63) is 63.9 Å². The van der Waals surface area contributed by atoms with E-state index in [9.17, 15) is 14.0 Å². The molecule has 144 valence electrons. The Morgan fingerprint density at radius 2 is 1.93 bits per heavy atom. The zero-order valence-electron chi connectivity index (χ0n) is 13.9. The van der Waals surface area contributed by atoms with Crippen molar-refractivity contribution < 1.29 is 14.0 Å². The summed E-state index contributed by atoms with van der Waals surface area (Å²) in [7, 11) is 0. The van der Waals surface area contributed by atoms with Crippen molar-refractivity contribution in [2.24, 2.45) is 0 Å². The van der Waals surface area contributed by atoms with Gasteiger partial charge in [-0.05, 0) is 36.4 Å². The lowest BCUT2D eigenvalue weighted by atomic mass is 10.2. The van der Waals surface area contributed by atoms with Crippen molar-refractivity contribution >= 4 is 68.9 Å². The lowest BCUT2D eigenvalue weighted by Crippen LogP contribution is -2.13. The molecule has 2 amide bonds. The summed E-state index contributed by atoms with van der Waals surface area (Å²) in [5.41, 5.74) is 0.626. The van der Waals surface area contributed by atoms with Crippen LogP contribution in [0.2, 0.25) is 10.0 Å². The molecule has 2 aromatic carbocycles. The van der Waals surface area contributed by atoms with Gasteiger partial charge in [-0.2, -0.15) is 0 Å². The van der Waals surface area contributed by atoms with Crippen LogP contribution in [0.25, 0.3) is 0 Å². The molecule has 0 saturated carbocycles. The highest BCUT2D eigenvalue weighted by Crippen LogP contribution is 2.27. The average molecular weight is 457 g/mol. The first-order valence-corrected chi connectivity index (χ1v) is 10.2. The fraction of sp³-hybridized carbons (Fsp3) is 0.0588. The van der Waals surface area contributed by atoms with Gasteiger partial charge >= 0.3 is 0 Å². The number of nitrogens with one attached hydrogen (secondary N) is 2. The van der Waals surface area contributed by atoms with Gasteiger partial charge in [0.1, 0.15) is 5.82 Å². The number of carbonyl (C=O) groups excluding carboxylic acids is 2. The number of thioether (sulfide) groups is 1. The molecule has 0 atom stereocenters. The predicted molar refractivity (Wildman–Crippen MR) is 110 cm³/mol. The van der Waals surface area contributed by atoms with E-state index >= 15 is 0 Å². The lowest BCUT2D eigenvalue weighted by Gasteiger charge is -2.04. The fourth-order valence-corrected chi connectivity index (χ4v) is 4.09. The largest absolute Gasteiger partial charge is 0.325 e. The highest BCUT2D eigenvalue weighted by molar-refractivity contribution is 8.01. The summed E-state index contributed by atoms with van der Waals surface area (Å²) in [6.07, 6.45) is 0. The van der Waals surface area contributed by atoms with Gasteiger partial charge in [0.25, 0.3) is 5.91 Å². The molecule has 2 N–H and O–H groups in total. The molecule has 0 fully saturated rings. The Kier molecular flexibility index (Phi) is 6.84. The molecule has 0 aliphatic heterocycles. The zero-order chi connectivity index (χ0) is 20.1. The normalized spacial score (nSPS) is 10.5. The van der Waals surface area contributed by atoms with Crippen LogP contribution in [-0.4, -0.2) is 27.8 Å². The van der Waals surface area contributed by atoms with Gasteiger partial charge in [0.2, 0.25) is 11.0 Å². The first kappa shape index (κ1) is 20.5. The smallest absolute Gasteiger partial charge is 0.259 e. The molecule has 0 spiro atoms. The van der Waals surface area contributed by atoms with Crippen LogP contribution < -0.4 is 10.6 Å². The molecule has 1 aromatic heterocycles. The van der Waals surface area contributed by atoms with E-state index in [1.165, 1.54) is 30.3 Å². The molecule has 3 aromatic rings. The Balaban J connectivity index is 1.54. The second kappa shape index (κ2) is 9.33. The Hall–Kier alpha value is -2.20. The van der Waals surface area contributed by atoms with Crippen molar-refractivity contribution in [2.45, 2.75) is 4.34 Å². The minimum atomic E-state index is -0.446. The number of carbonyl (C=O) groups is 2. The number of nitrogens with zero attached hydrogens (tertiary/aromatic N) is 2. The quantitative estimate of drug-likeness (QED) is 0.404. The predicted octanol–water partition coefficient (Wildman–Crippen LogP) is 4.97. The number of benzene rings is 2. The highest BCUT2D eigenvalue weighted by atomic mass is 35.5. The number of halogens is 3. The van der Waals surface area contributed by atoms with Gasteiger partial charge in [-0.25, -0.2) is 4.39 Å². The summed E-state index contributed by atoms with van der Waals surface area (Å²) >= 11 is 14.1. The number of aromatic nitrogens is 2. The van der Waals surface area contributed by atoms with Crippen LogP contribution in [0.4, 0.5) is 15.2 Å². The Bertz CT molecular complexity index is 1030. The van der Waals surface area contributed by atoms with E-state index in [2.05, 4.69) is 20.8 Å². The van der Waals surface area contributed by atoms with E-state index in [4.69, 9.17) is 23.2 Å². The molecule has 0 aliphatic rings.